The van der Waals surface area contributed by atoms with Crippen molar-refractivity contribution in [1.29, 1.82) is 0 Å². The Hall–Kier alpha value is -2.34. The molecule has 0 unspecified atom stereocenters. The summed E-state index contributed by atoms with van der Waals surface area (Å²) in [4.78, 5) is 26.2. The van der Waals surface area contributed by atoms with Crippen LogP contribution in [0.4, 0.5) is 11.4 Å². The number of nitrogens with one attached hydrogen (secondary N) is 1. The minimum atomic E-state index is -0.567. The summed E-state index contributed by atoms with van der Waals surface area (Å²) < 4.78 is 6.24. The van der Waals surface area contributed by atoms with E-state index in [-0.39, 0.29) is 18.2 Å². The van der Waals surface area contributed by atoms with E-state index in [0.29, 0.717) is 18.0 Å². The molecule has 1 heterocycles. The Morgan fingerprint density at radius 2 is 1.88 bits per heavy atom. The first-order chi connectivity index (χ1) is 11.6. The van der Waals surface area contributed by atoms with E-state index in [4.69, 9.17) is 4.74 Å². The van der Waals surface area contributed by atoms with Crippen LogP contribution in [0.25, 0.3) is 0 Å². The number of para-hydroxylation sites is 1. The Morgan fingerprint density at radius 3 is 2.54 bits per heavy atom. The lowest BCUT2D eigenvalue weighted by Crippen LogP contribution is -2.34. The van der Waals surface area contributed by atoms with Crippen molar-refractivity contribution in [1.82, 2.24) is 0 Å². The maximum atomic E-state index is 12.6. The predicted octanol–water partition coefficient (Wildman–Crippen LogP) is 3.59. The van der Waals surface area contributed by atoms with Crippen LogP contribution in [0, 0.1) is 0 Å². The second-order valence-electron chi connectivity index (χ2n) is 5.38. The number of benzene rings is 2. The summed E-state index contributed by atoms with van der Waals surface area (Å²) in [6.07, 6.45) is 0.132. The summed E-state index contributed by atoms with van der Waals surface area (Å²) >= 11 is 3.44. The molecule has 0 aliphatic carbocycles. The molecule has 1 saturated heterocycles. The molecule has 124 valence electrons. The minimum Gasteiger partial charge on any atom is -0.494 e. The van der Waals surface area contributed by atoms with E-state index in [2.05, 4.69) is 21.2 Å². The first-order valence-electron chi connectivity index (χ1n) is 7.71. The van der Waals surface area contributed by atoms with Crippen LogP contribution in [0.5, 0.6) is 5.75 Å². The fourth-order valence-corrected chi connectivity index (χ4v) is 3.04. The van der Waals surface area contributed by atoms with Gasteiger partial charge in [-0.3, -0.25) is 9.59 Å². The van der Waals surface area contributed by atoms with Crippen LogP contribution in [0.1, 0.15) is 13.3 Å². The van der Waals surface area contributed by atoms with Gasteiger partial charge in [-0.2, -0.15) is 0 Å². The number of hydrogen-bond donors (Lipinski definition) is 1. The number of rotatable bonds is 5. The molecule has 0 radical (unpaired) electrons. The first kappa shape index (κ1) is 16.5. The molecule has 6 heteroatoms. The quantitative estimate of drug-likeness (QED) is 0.795. The Kier molecular flexibility index (Phi) is 4.85. The predicted molar refractivity (Wildman–Crippen MR) is 96.3 cm³/mol. The van der Waals surface area contributed by atoms with Crippen LogP contribution in [0.15, 0.2) is 53.0 Å². The molecular weight excluding hydrogens is 372 g/mol. The summed E-state index contributed by atoms with van der Waals surface area (Å²) in [5, 5.41) is 3.14. The molecule has 2 aromatic rings. The molecule has 2 amide bonds. The molecular formula is C18H17BrN2O3. The van der Waals surface area contributed by atoms with E-state index >= 15 is 0 Å². The number of imide groups is 1. The van der Waals surface area contributed by atoms with E-state index in [9.17, 15) is 9.59 Å². The third-order valence-corrected chi connectivity index (χ3v) is 4.45. The number of carbonyl (C=O) groups excluding carboxylic acids is 2. The number of hydrogen-bond acceptors (Lipinski definition) is 4. The van der Waals surface area contributed by atoms with Crippen molar-refractivity contribution in [2.24, 2.45) is 0 Å². The molecule has 0 saturated carbocycles. The van der Waals surface area contributed by atoms with Gasteiger partial charge >= 0.3 is 0 Å². The van der Waals surface area contributed by atoms with Gasteiger partial charge in [-0.25, -0.2) is 4.90 Å². The van der Waals surface area contributed by atoms with Gasteiger partial charge in [0.25, 0.3) is 5.91 Å². The lowest BCUT2D eigenvalue weighted by molar-refractivity contribution is -0.121. The van der Waals surface area contributed by atoms with Crippen molar-refractivity contribution in [3.63, 3.8) is 0 Å². The largest absolute Gasteiger partial charge is 0.494 e. The maximum absolute atomic E-state index is 12.6. The van der Waals surface area contributed by atoms with E-state index in [1.165, 1.54) is 4.90 Å². The highest BCUT2D eigenvalue weighted by molar-refractivity contribution is 9.10. The zero-order chi connectivity index (χ0) is 17.1. The lowest BCUT2D eigenvalue weighted by atomic mass is 10.2. The van der Waals surface area contributed by atoms with Crippen molar-refractivity contribution in [3.8, 4) is 5.75 Å². The third kappa shape index (κ3) is 3.28. The third-order valence-electron chi connectivity index (χ3n) is 3.76. The van der Waals surface area contributed by atoms with Gasteiger partial charge in [-0.05, 0) is 59.3 Å². The van der Waals surface area contributed by atoms with Gasteiger partial charge in [-0.15, -0.1) is 0 Å². The average molecular weight is 389 g/mol. The number of amides is 2. The molecule has 24 heavy (non-hydrogen) atoms. The van der Waals surface area contributed by atoms with Crippen LogP contribution < -0.4 is 15.0 Å². The molecule has 1 fully saturated rings. The van der Waals surface area contributed by atoms with Gasteiger partial charge in [-0.1, -0.05) is 12.1 Å². The monoisotopic (exact) mass is 388 g/mol. The number of carbonyl (C=O) groups is 2. The molecule has 3 rings (SSSR count). The second-order valence-corrected chi connectivity index (χ2v) is 6.23. The fraction of sp³-hybridized carbons (Fsp3) is 0.222. The number of halogens is 1. The topological polar surface area (TPSA) is 58.6 Å². The molecule has 0 bridgehead atoms. The van der Waals surface area contributed by atoms with Crippen LogP contribution in [-0.2, 0) is 9.59 Å². The Bertz CT molecular complexity index is 761. The maximum Gasteiger partial charge on any atom is 0.256 e. The summed E-state index contributed by atoms with van der Waals surface area (Å²) in [6, 6.07) is 13.9. The van der Waals surface area contributed by atoms with Gasteiger partial charge in [0, 0.05) is 10.2 Å². The number of nitrogens with zero attached hydrogens (tertiary/aromatic N) is 1. The highest BCUT2D eigenvalue weighted by Crippen LogP contribution is 2.28. The zero-order valence-corrected chi connectivity index (χ0v) is 14.7. The van der Waals surface area contributed by atoms with Crippen LogP contribution in [-0.4, -0.2) is 24.5 Å². The second kappa shape index (κ2) is 7.05. The Balaban J connectivity index is 1.77. The molecule has 2 aromatic carbocycles. The minimum absolute atomic E-state index is 0.132. The molecule has 1 atom stereocenters. The molecule has 1 aliphatic rings. The molecule has 5 nitrogen and oxygen atoms in total. The van der Waals surface area contributed by atoms with E-state index in [1.54, 1.807) is 24.3 Å². The van der Waals surface area contributed by atoms with Crippen molar-refractivity contribution >= 4 is 39.1 Å². The molecule has 1 N–H and O–H groups in total. The summed E-state index contributed by atoms with van der Waals surface area (Å²) in [7, 11) is 0. The lowest BCUT2D eigenvalue weighted by Gasteiger charge is -2.17. The van der Waals surface area contributed by atoms with Crippen molar-refractivity contribution in [2.45, 2.75) is 19.4 Å². The normalized spacial score (nSPS) is 17.2. The Morgan fingerprint density at radius 1 is 1.17 bits per heavy atom. The summed E-state index contributed by atoms with van der Waals surface area (Å²) in [6.45, 7) is 2.47. The summed E-state index contributed by atoms with van der Waals surface area (Å²) in [5.41, 5.74) is 1.35. The smallest absolute Gasteiger partial charge is 0.256 e. The highest BCUT2D eigenvalue weighted by atomic mass is 79.9. The standard InChI is InChI=1S/C18H17BrN2O3/c1-2-24-13-9-7-12(8-10-13)21-17(22)11-16(18(21)23)20-15-6-4-3-5-14(15)19/h3-10,16,20H,2,11H2,1H3/t16-/m1/s1. The molecule has 1 aliphatic heterocycles. The SMILES string of the molecule is CCOc1ccc(N2C(=O)C[C@@H](Nc3ccccc3Br)C2=O)cc1. The molecule has 0 spiro atoms. The van der Waals surface area contributed by atoms with E-state index in [0.717, 1.165) is 10.2 Å². The van der Waals surface area contributed by atoms with E-state index in [1.807, 2.05) is 31.2 Å². The number of anilines is 2. The van der Waals surface area contributed by atoms with Crippen LogP contribution in [0.2, 0.25) is 0 Å². The zero-order valence-electron chi connectivity index (χ0n) is 13.2. The van der Waals surface area contributed by atoms with Crippen molar-refractivity contribution in [2.75, 3.05) is 16.8 Å². The highest BCUT2D eigenvalue weighted by Gasteiger charge is 2.39. The van der Waals surface area contributed by atoms with Gasteiger partial charge in [0.15, 0.2) is 0 Å². The molecule has 0 aromatic heterocycles. The average Bonchev–Trinajstić information content (AvgIpc) is 2.85. The van der Waals surface area contributed by atoms with Crippen LogP contribution >= 0.6 is 15.9 Å². The van der Waals surface area contributed by atoms with Crippen LogP contribution in [0.3, 0.4) is 0 Å². The fourth-order valence-electron chi connectivity index (χ4n) is 2.64. The van der Waals surface area contributed by atoms with Gasteiger partial charge in [0.2, 0.25) is 5.91 Å². The van der Waals surface area contributed by atoms with Gasteiger partial charge in [0.1, 0.15) is 11.8 Å². The van der Waals surface area contributed by atoms with Crippen molar-refractivity contribution in [3.05, 3.63) is 53.0 Å². The Labute approximate surface area is 148 Å². The van der Waals surface area contributed by atoms with E-state index < -0.39 is 6.04 Å². The summed E-state index contributed by atoms with van der Waals surface area (Å²) in [5.74, 6) is 0.247. The first-order valence-corrected chi connectivity index (χ1v) is 8.50. The van der Waals surface area contributed by atoms with Gasteiger partial charge < -0.3 is 10.1 Å². The van der Waals surface area contributed by atoms with Crippen molar-refractivity contribution < 1.29 is 14.3 Å². The number of ether oxygens (including phenoxy) is 1. The van der Waals surface area contributed by atoms with Gasteiger partial charge in [0.05, 0.1) is 18.7 Å².